The molecule has 10 nitrogen and oxygen atoms in total. The van der Waals surface area contributed by atoms with E-state index < -0.39 is 31.7 Å². The quantitative estimate of drug-likeness (QED) is 0.230. The third kappa shape index (κ3) is 5.95. The topological polar surface area (TPSA) is 109 Å². The van der Waals surface area contributed by atoms with E-state index in [1.54, 1.807) is 0 Å². The van der Waals surface area contributed by atoms with Crippen LogP contribution < -0.4 is 9.64 Å². The van der Waals surface area contributed by atoms with Gasteiger partial charge in [-0.2, -0.15) is 0 Å². The average molecular weight is 715 g/mol. The number of benzene rings is 2. The van der Waals surface area contributed by atoms with Gasteiger partial charge in [-0.15, -0.1) is 0 Å². The molecule has 3 aliphatic rings. The monoisotopic (exact) mass is 714 g/mol. The molecule has 0 aliphatic heterocycles. The summed E-state index contributed by atoms with van der Waals surface area (Å²) >= 11 is 0. The van der Waals surface area contributed by atoms with Crippen molar-refractivity contribution in [3.8, 4) is 5.88 Å². The molecule has 0 unspecified atom stereocenters. The number of nitrogens with zero attached hydrogens (tertiary/aromatic N) is 4. The van der Waals surface area contributed by atoms with Crippen molar-refractivity contribution in [3.63, 3.8) is 0 Å². The minimum atomic E-state index is -2.80. The zero-order valence-electron chi connectivity index (χ0n) is 32.3. The summed E-state index contributed by atoms with van der Waals surface area (Å²) in [5.41, 5.74) is 4.13. The lowest BCUT2D eigenvalue weighted by Crippen LogP contribution is -2.65. The molecule has 3 aliphatic carbocycles. The smallest absolute Gasteiger partial charge is 0.265 e. The Morgan fingerprint density at radius 2 is 1.71 bits per heavy atom. The summed E-state index contributed by atoms with van der Waals surface area (Å²) < 4.78 is 19.5. The third-order valence-electron chi connectivity index (χ3n) is 11.5. The van der Waals surface area contributed by atoms with Gasteiger partial charge in [0.25, 0.3) is 5.88 Å². The van der Waals surface area contributed by atoms with E-state index >= 15 is 4.79 Å². The molecular weight excluding hydrogens is 661 g/mol. The van der Waals surface area contributed by atoms with Crippen molar-refractivity contribution in [1.29, 1.82) is 0 Å². The first-order valence-electron chi connectivity index (χ1n) is 17.8. The predicted octanol–water partition coefficient (Wildman–Crippen LogP) is 7.14. The molecule has 1 N–H and O–H groups in total. The van der Waals surface area contributed by atoms with Crippen LogP contribution in [0.3, 0.4) is 0 Å². The maximum atomic E-state index is 15.4. The Kier molecular flexibility index (Phi) is 9.44. The van der Waals surface area contributed by atoms with Crippen LogP contribution in [0.15, 0.2) is 52.3 Å². The normalized spacial score (nSPS) is 23.3. The lowest BCUT2D eigenvalue weighted by Gasteiger charge is -2.55. The van der Waals surface area contributed by atoms with Crippen molar-refractivity contribution in [2.75, 3.05) is 47.2 Å². The summed E-state index contributed by atoms with van der Waals surface area (Å²) in [7, 11) is 9.18. The third-order valence-corrected chi connectivity index (χ3v) is 16.0. The van der Waals surface area contributed by atoms with Crippen LogP contribution in [-0.4, -0.2) is 87.8 Å². The summed E-state index contributed by atoms with van der Waals surface area (Å²) in [6, 6.07) is 11.2. The van der Waals surface area contributed by atoms with Gasteiger partial charge in [-0.3, -0.25) is 14.5 Å². The Morgan fingerprint density at radius 3 is 2.29 bits per heavy atom. The highest BCUT2D eigenvalue weighted by Gasteiger charge is 2.67. The van der Waals surface area contributed by atoms with E-state index in [1.165, 1.54) is 0 Å². The Morgan fingerprint density at radius 1 is 1.04 bits per heavy atom. The fourth-order valence-corrected chi connectivity index (χ4v) is 9.79. The number of Topliss-reactive ketones (excluding diaryl/α,β-unsaturated/α-hetero) is 2. The molecule has 0 spiro atoms. The zero-order chi connectivity index (χ0) is 37.4. The molecule has 4 atom stereocenters. The molecule has 1 aromatic heterocycles. The van der Waals surface area contributed by atoms with Gasteiger partial charge >= 0.3 is 0 Å². The second-order valence-electron chi connectivity index (χ2n) is 16.9. The van der Waals surface area contributed by atoms with Crippen LogP contribution in [-0.2, 0) is 24.0 Å². The summed E-state index contributed by atoms with van der Waals surface area (Å²) in [5.74, 6) is -1.44. The average Bonchev–Trinajstić information content (AvgIpc) is 3.44. The molecule has 0 radical (unpaired) electrons. The largest absolute Gasteiger partial charge is 0.508 e. The summed E-state index contributed by atoms with van der Waals surface area (Å²) in [5, 5.41) is 16.9. The van der Waals surface area contributed by atoms with Crippen LogP contribution in [0.4, 0.5) is 5.69 Å². The second kappa shape index (κ2) is 13.0. The van der Waals surface area contributed by atoms with Gasteiger partial charge in [0.05, 0.1) is 6.04 Å². The number of ketones is 2. The second-order valence-corrected chi connectivity index (χ2v) is 21.6. The van der Waals surface area contributed by atoms with Crippen LogP contribution in [0.25, 0.3) is 0 Å². The molecular formula is C40H54N4O6Si. The van der Waals surface area contributed by atoms with Gasteiger partial charge in [0.1, 0.15) is 17.9 Å². The van der Waals surface area contributed by atoms with Crippen molar-refractivity contribution in [2.24, 2.45) is 11.8 Å². The number of hydrogen-bond donors (Lipinski definition) is 1. The molecule has 51 heavy (non-hydrogen) atoms. The standard InChI is InChI=1S/C40H54N4O6Si/c1-23-18-26(21-42(5)6)32(43(7)8)27-19-25-20-28-33(44(9)10)35-31(38(41-49-35)48-22-24-16-14-13-15-17-24)37(47)40(28,50-51(11,12)39(2,3)4)36(46)30(25)34(45)29(23)27/h13-18,25,28,33,46H,19-22H2,1-12H3/t25-,28-,33-,40-/m0/s1. The van der Waals surface area contributed by atoms with E-state index in [-0.39, 0.29) is 46.1 Å². The number of aliphatic hydroxyl groups excluding tert-OH is 1. The number of ether oxygens (including phenoxy) is 1. The highest BCUT2D eigenvalue weighted by Crippen LogP contribution is 2.60. The van der Waals surface area contributed by atoms with E-state index in [2.05, 4.69) is 54.9 Å². The molecule has 0 saturated carbocycles. The lowest BCUT2D eigenvalue weighted by atomic mass is 9.58. The number of hydrogen-bond acceptors (Lipinski definition) is 10. The van der Waals surface area contributed by atoms with Gasteiger partial charge < -0.3 is 28.6 Å². The van der Waals surface area contributed by atoms with Crippen LogP contribution >= 0.6 is 0 Å². The summed E-state index contributed by atoms with van der Waals surface area (Å²) in [4.78, 5) is 36.6. The molecule has 0 amide bonds. The number of aromatic nitrogens is 1. The van der Waals surface area contributed by atoms with Gasteiger partial charge in [0.15, 0.2) is 25.5 Å². The Balaban J connectivity index is 1.59. The maximum Gasteiger partial charge on any atom is 0.265 e. The van der Waals surface area contributed by atoms with Gasteiger partial charge in [-0.25, -0.2) is 0 Å². The van der Waals surface area contributed by atoms with Crippen molar-refractivity contribution in [1.82, 2.24) is 15.0 Å². The fraction of sp³-hybridized carbons (Fsp3) is 0.525. The van der Waals surface area contributed by atoms with E-state index in [0.29, 0.717) is 24.2 Å². The van der Waals surface area contributed by atoms with Gasteiger partial charge in [0.2, 0.25) is 5.78 Å². The van der Waals surface area contributed by atoms with Gasteiger partial charge in [-0.05, 0) is 99.4 Å². The van der Waals surface area contributed by atoms with Crippen LogP contribution in [0, 0.1) is 18.8 Å². The number of fused-ring (bicyclic) bond motifs is 4. The summed E-state index contributed by atoms with van der Waals surface area (Å²) in [6.07, 6.45) is 0.976. The Hall–Kier alpha value is -3.77. The molecule has 6 rings (SSSR count). The molecule has 1 heterocycles. The molecule has 0 fully saturated rings. The number of carbonyl (C=O) groups is 2. The SMILES string of the molecule is Cc1cc(CN(C)C)c(N(C)C)c2c1C(=O)C1=C(O)[C@]3(O[Si](C)(C)C(C)(C)C)C(=O)c4c(OCc5ccccc5)noc4[C@@H](N(C)C)[C@@H]3C[C@@H]1C2. The fourth-order valence-electron chi connectivity index (χ4n) is 8.34. The number of aryl methyl sites for hydroxylation is 1. The number of anilines is 1. The zero-order valence-corrected chi connectivity index (χ0v) is 33.3. The lowest BCUT2D eigenvalue weighted by molar-refractivity contribution is -0.0480. The van der Waals surface area contributed by atoms with Gasteiger partial charge in [-0.1, -0.05) is 57.2 Å². The minimum absolute atomic E-state index is 0.0579. The van der Waals surface area contributed by atoms with E-state index in [0.717, 1.165) is 34.5 Å². The van der Waals surface area contributed by atoms with E-state index in [1.807, 2.05) is 84.4 Å². The van der Waals surface area contributed by atoms with Crippen molar-refractivity contribution in [2.45, 2.75) is 83.5 Å². The number of allylic oxidation sites excluding steroid dienone is 1. The molecule has 11 heteroatoms. The minimum Gasteiger partial charge on any atom is -0.508 e. The van der Waals surface area contributed by atoms with Crippen molar-refractivity contribution >= 4 is 25.6 Å². The maximum absolute atomic E-state index is 15.4. The first-order valence-corrected chi connectivity index (χ1v) is 20.8. The Labute approximate surface area is 303 Å². The molecule has 0 saturated heterocycles. The Bertz CT molecular complexity index is 1890. The number of aliphatic hydroxyl groups is 1. The number of rotatable bonds is 9. The van der Waals surface area contributed by atoms with Crippen LogP contribution in [0.5, 0.6) is 5.88 Å². The van der Waals surface area contributed by atoms with Crippen LogP contribution in [0.2, 0.25) is 18.1 Å². The van der Waals surface area contributed by atoms with Crippen molar-refractivity contribution in [3.05, 3.63) is 86.9 Å². The van der Waals surface area contributed by atoms with E-state index in [4.69, 9.17) is 13.7 Å². The molecule has 2 aromatic carbocycles. The van der Waals surface area contributed by atoms with Crippen LogP contribution in [0.1, 0.15) is 82.0 Å². The predicted molar refractivity (Wildman–Crippen MR) is 201 cm³/mol. The van der Waals surface area contributed by atoms with Crippen molar-refractivity contribution < 1.29 is 28.4 Å². The molecule has 274 valence electrons. The summed E-state index contributed by atoms with van der Waals surface area (Å²) in [6.45, 7) is 13.3. The first-order chi connectivity index (χ1) is 23.8. The highest BCUT2D eigenvalue weighted by atomic mass is 28.4. The van der Waals surface area contributed by atoms with E-state index in [9.17, 15) is 9.90 Å². The highest BCUT2D eigenvalue weighted by molar-refractivity contribution is 6.74. The number of carbonyl (C=O) groups excluding carboxylic acids is 2. The molecule has 3 aromatic rings. The first kappa shape index (κ1) is 37.0. The van der Waals surface area contributed by atoms with Gasteiger partial charge in [0, 0.05) is 43.4 Å². The molecule has 0 bridgehead atoms.